The molecule has 0 bridgehead atoms. The number of phenols is 1. The monoisotopic (exact) mass is 233 g/mol. The fraction of sp³-hybridized carbons (Fsp3) is 0.571. The summed E-state index contributed by atoms with van der Waals surface area (Å²) in [6, 6.07) is 6.00. The van der Waals surface area contributed by atoms with Crippen LogP contribution in [0.15, 0.2) is 18.2 Å². The summed E-state index contributed by atoms with van der Waals surface area (Å²) in [6.07, 6.45) is 3.74. The van der Waals surface area contributed by atoms with Gasteiger partial charge in [0.25, 0.3) is 0 Å². The van der Waals surface area contributed by atoms with Gasteiger partial charge < -0.3 is 15.2 Å². The summed E-state index contributed by atoms with van der Waals surface area (Å²) in [5, 5.41) is 12.9. The smallest absolute Gasteiger partial charge is 0.123 e. The molecule has 0 spiro atoms. The van der Waals surface area contributed by atoms with Crippen LogP contribution in [0.4, 0.5) is 0 Å². The fourth-order valence-electron chi connectivity index (χ4n) is 2.31. The van der Waals surface area contributed by atoms with Crippen molar-refractivity contribution in [3.8, 4) is 11.5 Å². The molecule has 2 aliphatic rings. The van der Waals surface area contributed by atoms with Crippen LogP contribution < -0.4 is 10.1 Å². The number of hydrogen-bond donors (Lipinski definition) is 2. The van der Waals surface area contributed by atoms with E-state index < -0.39 is 0 Å². The first-order valence-corrected chi connectivity index (χ1v) is 6.41. The van der Waals surface area contributed by atoms with Crippen molar-refractivity contribution in [1.82, 2.24) is 5.32 Å². The minimum Gasteiger partial charge on any atom is -0.508 e. The Kier molecular flexibility index (Phi) is 2.71. The van der Waals surface area contributed by atoms with E-state index in [1.165, 1.54) is 12.8 Å². The zero-order valence-electron chi connectivity index (χ0n) is 10.1. The Morgan fingerprint density at radius 1 is 1.41 bits per heavy atom. The SMILES string of the molecule is CN[C@@H]1C[C@H]1c1cc(O)ccc1OCC1CC1. The lowest BCUT2D eigenvalue weighted by atomic mass is 10.1. The maximum atomic E-state index is 9.59. The molecule has 1 aromatic carbocycles. The summed E-state index contributed by atoms with van der Waals surface area (Å²) in [4.78, 5) is 0. The first-order chi connectivity index (χ1) is 8.28. The Balaban J connectivity index is 1.75. The fourth-order valence-corrected chi connectivity index (χ4v) is 2.31. The first kappa shape index (κ1) is 10.9. The van der Waals surface area contributed by atoms with Crippen molar-refractivity contribution >= 4 is 0 Å². The van der Waals surface area contributed by atoms with E-state index in [1.807, 2.05) is 19.2 Å². The van der Waals surface area contributed by atoms with E-state index in [2.05, 4.69) is 5.32 Å². The molecular weight excluding hydrogens is 214 g/mol. The molecule has 0 aliphatic heterocycles. The molecular formula is C14H19NO2. The Morgan fingerprint density at radius 2 is 2.24 bits per heavy atom. The predicted octanol–water partition coefficient (Wildman–Crippen LogP) is 2.26. The highest BCUT2D eigenvalue weighted by atomic mass is 16.5. The van der Waals surface area contributed by atoms with Gasteiger partial charge in [-0.05, 0) is 50.4 Å². The van der Waals surface area contributed by atoms with E-state index in [4.69, 9.17) is 4.74 Å². The quantitative estimate of drug-likeness (QED) is 0.819. The molecule has 3 rings (SSSR count). The van der Waals surface area contributed by atoms with Crippen molar-refractivity contribution in [2.45, 2.75) is 31.2 Å². The number of rotatable bonds is 5. The van der Waals surface area contributed by atoms with Crippen molar-refractivity contribution in [2.75, 3.05) is 13.7 Å². The van der Waals surface area contributed by atoms with Crippen LogP contribution in [0.1, 0.15) is 30.7 Å². The molecule has 0 unspecified atom stereocenters. The van der Waals surface area contributed by atoms with Crippen LogP contribution in [-0.2, 0) is 0 Å². The Bertz CT molecular complexity index is 415. The van der Waals surface area contributed by atoms with Crippen molar-refractivity contribution < 1.29 is 9.84 Å². The van der Waals surface area contributed by atoms with Crippen LogP contribution in [0.5, 0.6) is 11.5 Å². The molecule has 0 radical (unpaired) electrons. The molecule has 17 heavy (non-hydrogen) atoms. The highest BCUT2D eigenvalue weighted by molar-refractivity contribution is 5.45. The van der Waals surface area contributed by atoms with Crippen LogP contribution in [0.25, 0.3) is 0 Å². The van der Waals surface area contributed by atoms with Gasteiger partial charge in [-0.15, -0.1) is 0 Å². The molecule has 0 saturated heterocycles. The average molecular weight is 233 g/mol. The number of likely N-dealkylation sites (N-methyl/N-ethyl adjacent to an activating group) is 1. The topological polar surface area (TPSA) is 41.5 Å². The lowest BCUT2D eigenvalue weighted by Gasteiger charge is -2.11. The third-order valence-corrected chi connectivity index (χ3v) is 3.73. The summed E-state index contributed by atoms with van der Waals surface area (Å²) in [5.74, 6) is 2.55. The number of benzene rings is 1. The second-order valence-electron chi connectivity index (χ2n) is 5.21. The van der Waals surface area contributed by atoms with Crippen molar-refractivity contribution in [2.24, 2.45) is 5.92 Å². The Labute approximate surface area is 102 Å². The Morgan fingerprint density at radius 3 is 2.88 bits per heavy atom. The van der Waals surface area contributed by atoms with E-state index in [0.717, 1.165) is 30.3 Å². The minimum absolute atomic E-state index is 0.334. The second kappa shape index (κ2) is 4.22. The van der Waals surface area contributed by atoms with Gasteiger partial charge in [0.15, 0.2) is 0 Å². The van der Waals surface area contributed by atoms with E-state index in [1.54, 1.807) is 6.07 Å². The van der Waals surface area contributed by atoms with Gasteiger partial charge in [0, 0.05) is 17.5 Å². The minimum atomic E-state index is 0.334. The molecule has 0 amide bonds. The van der Waals surface area contributed by atoms with Gasteiger partial charge >= 0.3 is 0 Å². The number of hydrogen-bond acceptors (Lipinski definition) is 3. The van der Waals surface area contributed by atoms with Crippen molar-refractivity contribution in [1.29, 1.82) is 0 Å². The van der Waals surface area contributed by atoms with Gasteiger partial charge in [0.05, 0.1) is 6.61 Å². The normalized spacial score (nSPS) is 26.9. The summed E-state index contributed by atoms with van der Waals surface area (Å²) in [5.41, 5.74) is 1.16. The third kappa shape index (κ3) is 2.39. The summed E-state index contributed by atoms with van der Waals surface area (Å²) in [6.45, 7) is 0.828. The number of aromatic hydroxyl groups is 1. The highest BCUT2D eigenvalue weighted by Crippen LogP contribution is 2.46. The van der Waals surface area contributed by atoms with Crippen LogP contribution in [0, 0.1) is 5.92 Å². The number of ether oxygens (including phenoxy) is 1. The van der Waals surface area contributed by atoms with Crippen molar-refractivity contribution in [3.63, 3.8) is 0 Å². The average Bonchev–Trinajstić information content (AvgIpc) is 3.21. The third-order valence-electron chi connectivity index (χ3n) is 3.73. The molecule has 2 aliphatic carbocycles. The largest absolute Gasteiger partial charge is 0.508 e. The maximum Gasteiger partial charge on any atom is 0.123 e. The van der Waals surface area contributed by atoms with E-state index >= 15 is 0 Å². The van der Waals surface area contributed by atoms with E-state index in [-0.39, 0.29) is 0 Å². The van der Waals surface area contributed by atoms with Crippen molar-refractivity contribution in [3.05, 3.63) is 23.8 Å². The first-order valence-electron chi connectivity index (χ1n) is 6.41. The molecule has 2 atom stereocenters. The zero-order valence-corrected chi connectivity index (χ0v) is 10.1. The molecule has 2 fully saturated rings. The van der Waals surface area contributed by atoms with Crippen LogP contribution in [0.2, 0.25) is 0 Å². The second-order valence-corrected chi connectivity index (χ2v) is 5.21. The standard InChI is InChI=1S/C14H19NO2/c1-15-13-7-11(13)12-6-10(16)4-5-14(12)17-8-9-2-3-9/h4-6,9,11,13,15-16H,2-3,7-8H2,1H3/t11-,13+/m0/s1. The molecule has 2 saturated carbocycles. The van der Waals surface area contributed by atoms with E-state index in [0.29, 0.717) is 17.7 Å². The lowest BCUT2D eigenvalue weighted by molar-refractivity contribution is 0.296. The molecule has 92 valence electrons. The summed E-state index contributed by atoms with van der Waals surface area (Å²) in [7, 11) is 1.98. The van der Waals surface area contributed by atoms with Crippen LogP contribution in [-0.4, -0.2) is 24.8 Å². The van der Waals surface area contributed by atoms with Gasteiger partial charge in [0.1, 0.15) is 11.5 Å². The van der Waals surface area contributed by atoms with Gasteiger partial charge in [-0.1, -0.05) is 0 Å². The van der Waals surface area contributed by atoms with Gasteiger partial charge in [-0.25, -0.2) is 0 Å². The highest BCUT2D eigenvalue weighted by Gasteiger charge is 2.39. The van der Waals surface area contributed by atoms with Crippen LogP contribution in [0.3, 0.4) is 0 Å². The number of nitrogens with one attached hydrogen (secondary N) is 1. The molecule has 3 heteroatoms. The molecule has 0 aromatic heterocycles. The maximum absolute atomic E-state index is 9.59. The molecule has 1 aromatic rings. The van der Waals surface area contributed by atoms with E-state index in [9.17, 15) is 5.11 Å². The number of phenolic OH excluding ortho intramolecular Hbond substituents is 1. The van der Waals surface area contributed by atoms with Gasteiger partial charge in [0.2, 0.25) is 0 Å². The lowest BCUT2D eigenvalue weighted by Crippen LogP contribution is -2.11. The summed E-state index contributed by atoms with van der Waals surface area (Å²) >= 11 is 0. The molecule has 3 nitrogen and oxygen atoms in total. The Hall–Kier alpha value is -1.22. The predicted molar refractivity (Wildman–Crippen MR) is 66.5 cm³/mol. The van der Waals surface area contributed by atoms with Gasteiger partial charge in [-0.2, -0.15) is 0 Å². The zero-order chi connectivity index (χ0) is 11.8. The van der Waals surface area contributed by atoms with Gasteiger partial charge in [-0.3, -0.25) is 0 Å². The molecule has 0 heterocycles. The van der Waals surface area contributed by atoms with Crippen LogP contribution >= 0.6 is 0 Å². The molecule has 2 N–H and O–H groups in total. The summed E-state index contributed by atoms with van der Waals surface area (Å²) < 4.78 is 5.87.